The lowest BCUT2D eigenvalue weighted by Gasteiger charge is -2.12. The molecule has 3 heteroatoms. The zero-order chi connectivity index (χ0) is 11.1. The molecule has 0 aromatic carbocycles. The molecule has 3 nitrogen and oxygen atoms in total. The van der Waals surface area contributed by atoms with Crippen LogP contribution in [0.3, 0.4) is 0 Å². The molecule has 0 aromatic rings. The molecule has 0 saturated carbocycles. The Hall–Kier alpha value is -1.25. The topological polar surface area (TPSA) is 33.6 Å². The van der Waals surface area contributed by atoms with Gasteiger partial charge in [0.25, 0.3) is 0 Å². The van der Waals surface area contributed by atoms with Gasteiger partial charge in [-0.15, -0.1) is 0 Å². The van der Waals surface area contributed by atoms with Gasteiger partial charge in [0.05, 0.1) is 0 Å². The van der Waals surface area contributed by atoms with Crippen molar-refractivity contribution in [1.82, 2.24) is 5.32 Å². The first kappa shape index (κ1) is 12.8. The number of nitrogens with zero attached hydrogens (tertiary/aromatic N) is 1. The lowest BCUT2D eigenvalue weighted by atomic mass is 10.1. The number of allylic oxidation sites excluding steroid dienone is 2. The molecule has 14 heavy (non-hydrogen) atoms. The maximum atomic E-state index is 5.44. The number of nitrogens with one attached hydrogen (secondary N) is 1. The zero-order valence-electron chi connectivity index (χ0n) is 9.77. The van der Waals surface area contributed by atoms with Crippen molar-refractivity contribution in [1.29, 1.82) is 0 Å². The fourth-order valence-electron chi connectivity index (χ4n) is 1.11. The zero-order valence-corrected chi connectivity index (χ0v) is 9.77. The second kappa shape index (κ2) is 6.24. The second-order valence-corrected chi connectivity index (χ2v) is 2.98. The molecule has 0 heterocycles. The van der Waals surface area contributed by atoms with Crippen molar-refractivity contribution in [2.75, 3.05) is 14.1 Å². The third-order valence-electron chi connectivity index (χ3n) is 2.12. The van der Waals surface area contributed by atoms with Crippen LogP contribution in [-0.2, 0) is 4.74 Å². The van der Waals surface area contributed by atoms with Crippen LogP contribution in [0.15, 0.2) is 28.8 Å². The molecule has 0 amide bonds. The molecule has 0 aromatic heterocycles. The smallest absolute Gasteiger partial charge is 0.185 e. The summed E-state index contributed by atoms with van der Waals surface area (Å²) in [6.07, 6.45) is 0.912. The summed E-state index contributed by atoms with van der Waals surface area (Å²) in [7, 11) is 3.57. The maximum Gasteiger partial charge on any atom is 0.185 e. The number of hydrogen-bond acceptors (Lipinski definition) is 3. The van der Waals surface area contributed by atoms with Crippen LogP contribution in [0.2, 0.25) is 0 Å². The summed E-state index contributed by atoms with van der Waals surface area (Å²) in [6.45, 7) is 9.69. The minimum absolute atomic E-state index is 0.549. The van der Waals surface area contributed by atoms with Crippen LogP contribution in [0.1, 0.15) is 27.2 Å². The van der Waals surface area contributed by atoms with Gasteiger partial charge >= 0.3 is 0 Å². The van der Waals surface area contributed by atoms with Crippen LogP contribution < -0.4 is 5.32 Å². The molecule has 0 aliphatic heterocycles. The van der Waals surface area contributed by atoms with Crippen molar-refractivity contribution in [3.8, 4) is 0 Å². The van der Waals surface area contributed by atoms with Crippen LogP contribution in [0.4, 0.5) is 0 Å². The Bertz CT molecular complexity index is 264. The van der Waals surface area contributed by atoms with E-state index in [1.54, 1.807) is 14.1 Å². The highest BCUT2D eigenvalue weighted by atomic mass is 16.5. The van der Waals surface area contributed by atoms with E-state index in [1.807, 2.05) is 13.8 Å². The van der Waals surface area contributed by atoms with Gasteiger partial charge in [-0.25, -0.2) is 0 Å². The van der Waals surface area contributed by atoms with Crippen LogP contribution >= 0.6 is 0 Å². The fraction of sp³-hybridized carbons (Fsp3) is 0.545. The van der Waals surface area contributed by atoms with Crippen LogP contribution in [0, 0.1) is 0 Å². The summed E-state index contributed by atoms with van der Waals surface area (Å²) >= 11 is 0. The van der Waals surface area contributed by atoms with Crippen LogP contribution in [-0.4, -0.2) is 19.8 Å². The predicted octanol–water partition coefficient (Wildman–Crippen LogP) is 2.47. The van der Waals surface area contributed by atoms with Crippen molar-refractivity contribution >= 4 is 5.71 Å². The molecular weight excluding hydrogens is 176 g/mol. The third kappa shape index (κ3) is 3.64. The highest BCUT2D eigenvalue weighted by molar-refractivity contribution is 5.99. The Morgan fingerprint density at radius 2 is 2.00 bits per heavy atom. The first-order valence-corrected chi connectivity index (χ1v) is 4.74. The van der Waals surface area contributed by atoms with Gasteiger partial charge in [-0.3, -0.25) is 4.99 Å². The van der Waals surface area contributed by atoms with Gasteiger partial charge in [0.1, 0.15) is 5.76 Å². The molecule has 1 N–H and O–H groups in total. The van der Waals surface area contributed by atoms with E-state index in [-0.39, 0.29) is 0 Å². The summed E-state index contributed by atoms with van der Waals surface area (Å²) < 4.78 is 5.44. The minimum atomic E-state index is 0.549. The summed E-state index contributed by atoms with van der Waals surface area (Å²) in [5.41, 5.74) is 2.14. The first-order valence-electron chi connectivity index (χ1n) is 4.74. The molecule has 0 rings (SSSR count). The lowest BCUT2D eigenvalue weighted by Crippen LogP contribution is -2.09. The predicted molar refractivity (Wildman–Crippen MR) is 61.3 cm³/mol. The first-order chi connectivity index (χ1) is 6.56. The quantitative estimate of drug-likeness (QED) is 0.541. The molecular formula is C11H20N2O. The highest BCUT2D eigenvalue weighted by Gasteiger charge is 2.04. The van der Waals surface area contributed by atoms with Crippen molar-refractivity contribution in [2.45, 2.75) is 27.2 Å². The summed E-state index contributed by atoms with van der Waals surface area (Å²) in [5, 5.41) is 2.83. The number of aliphatic imine (C=N–C) groups is 1. The molecule has 0 bridgehead atoms. The van der Waals surface area contributed by atoms with Crippen molar-refractivity contribution < 1.29 is 4.74 Å². The average Bonchev–Trinajstić information content (AvgIpc) is 2.19. The van der Waals surface area contributed by atoms with Crippen LogP contribution in [0.25, 0.3) is 0 Å². The lowest BCUT2D eigenvalue weighted by molar-refractivity contribution is 0.283. The molecule has 0 fully saturated rings. The van der Waals surface area contributed by atoms with Gasteiger partial charge in [-0.1, -0.05) is 6.92 Å². The Morgan fingerprint density at radius 1 is 1.43 bits per heavy atom. The summed E-state index contributed by atoms with van der Waals surface area (Å²) in [6, 6.07) is 0. The normalized spacial score (nSPS) is 13.4. The summed E-state index contributed by atoms with van der Waals surface area (Å²) in [4.78, 5) is 4.19. The Kier molecular flexibility index (Phi) is 5.68. The number of rotatable bonds is 5. The number of hydrogen-bond donors (Lipinski definition) is 1. The van der Waals surface area contributed by atoms with Crippen LogP contribution in [0.5, 0.6) is 0 Å². The van der Waals surface area contributed by atoms with Gasteiger partial charge in [0.15, 0.2) is 5.88 Å². The standard InChI is InChI=1S/C11H20N2O/c1-7-11(13-6)8(2)9(3)14-10(4)12-5/h12H,4,7H2,1-3,5-6H3/b9-8-,13-11?. The van der Waals surface area contributed by atoms with Gasteiger partial charge in [0.2, 0.25) is 0 Å². The Labute approximate surface area is 86.6 Å². The van der Waals surface area contributed by atoms with Gasteiger partial charge in [-0.2, -0.15) is 0 Å². The summed E-state index contributed by atoms with van der Waals surface area (Å²) in [5.74, 6) is 1.39. The van der Waals surface area contributed by atoms with Gasteiger partial charge in [-0.05, 0) is 26.8 Å². The fourth-order valence-corrected chi connectivity index (χ4v) is 1.11. The van der Waals surface area contributed by atoms with E-state index in [4.69, 9.17) is 4.74 Å². The van der Waals surface area contributed by atoms with Gasteiger partial charge in [0, 0.05) is 25.4 Å². The van der Waals surface area contributed by atoms with E-state index in [2.05, 4.69) is 23.8 Å². The largest absolute Gasteiger partial charge is 0.446 e. The molecule has 0 aliphatic carbocycles. The van der Waals surface area contributed by atoms with E-state index < -0.39 is 0 Å². The maximum absolute atomic E-state index is 5.44. The Balaban J connectivity index is 4.66. The van der Waals surface area contributed by atoms with Gasteiger partial charge < -0.3 is 10.1 Å². The number of ether oxygens (including phenoxy) is 1. The molecule has 0 aliphatic rings. The third-order valence-corrected chi connectivity index (χ3v) is 2.12. The van der Waals surface area contributed by atoms with Crippen molar-refractivity contribution in [2.24, 2.45) is 4.99 Å². The van der Waals surface area contributed by atoms with E-state index in [1.165, 1.54) is 0 Å². The molecule has 0 spiro atoms. The van der Waals surface area contributed by atoms with E-state index in [0.29, 0.717) is 5.88 Å². The minimum Gasteiger partial charge on any atom is -0.446 e. The Morgan fingerprint density at radius 3 is 2.36 bits per heavy atom. The molecule has 0 radical (unpaired) electrons. The molecule has 0 saturated heterocycles. The van der Waals surface area contributed by atoms with E-state index in [0.717, 1.165) is 23.5 Å². The van der Waals surface area contributed by atoms with E-state index >= 15 is 0 Å². The average molecular weight is 196 g/mol. The molecule has 0 unspecified atom stereocenters. The second-order valence-electron chi connectivity index (χ2n) is 2.98. The monoisotopic (exact) mass is 196 g/mol. The highest BCUT2D eigenvalue weighted by Crippen LogP contribution is 2.11. The molecule has 0 atom stereocenters. The SMILES string of the molecule is C=C(NC)O/C(C)=C(/C)C(CC)=NC. The van der Waals surface area contributed by atoms with E-state index in [9.17, 15) is 0 Å². The molecule has 80 valence electrons. The van der Waals surface area contributed by atoms with Crippen molar-refractivity contribution in [3.63, 3.8) is 0 Å². The van der Waals surface area contributed by atoms with Crippen molar-refractivity contribution in [3.05, 3.63) is 23.8 Å².